The zero-order chi connectivity index (χ0) is 28.3. The number of hydrogen-bond acceptors (Lipinski definition) is 6. The molecule has 2 fully saturated rings. The van der Waals surface area contributed by atoms with Crippen LogP contribution in [0.1, 0.15) is 54.8 Å². The summed E-state index contributed by atoms with van der Waals surface area (Å²) < 4.78 is 32.0. The predicted molar refractivity (Wildman–Crippen MR) is 150 cm³/mol. The van der Waals surface area contributed by atoms with Crippen LogP contribution in [-0.4, -0.2) is 49.4 Å². The van der Waals surface area contributed by atoms with Crippen molar-refractivity contribution >= 4 is 28.1 Å². The van der Waals surface area contributed by atoms with Crippen LogP contribution in [0.2, 0.25) is 0 Å². The second-order valence-electron chi connectivity index (χ2n) is 11.5. The Morgan fingerprint density at radius 2 is 1.88 bits per heavy atom. The summed E-state index contributed by atoms with van der Waals surface area (Å²) in [5, 5.41) is 24.5. The van der Waals surface area contributed by atoms with Crippen molar-refractivity contribution < 1.29 is 18.7 Å². The van der Waals surface area contributed by atoms with Crippen molar-refractivity contribution in [2.75, 3.05) is 0 Å². The van der Waals surface area contributed by atoms with E-state index in [0.717, 1.165) is 25.7 Å². The van der Waals surface area contributed by atoms with Crippen LogP contribution in [0, 0.1) is 23.0 Å². The minimum atomic E-state index is -1.04. The topological polar surface area (TPSA) is 108 Å². The quantitative estimate of drug-likeness (QED) is 0.337. The Morgan fingerprint density at radius 1 is 1.15 bits per heavy atom. The smallest absolute Gasteiger partial charge is 0.264 e. The molecule has 2 aromatic heterocycles. The molecule has 40 heavy (non-hydrogen) atoms. The molecule has 4 heterocycles. The molecule has 1 amide bonds. The Kier molecular flexibility index (Phi) is 6.49. The first kappa shape index (κ1) is 26.6. The van der Waals surface area contributed by atoms with Gasteiger partial charge in [-0.25, -0.2) is 8.78 Å². The molecule has 2 saturated heterocycles. The van der Waals surface area contributed by atoms with Crippen molar-refractivity contribution in [1.82, 2.24) is 14.7 Å². The van der Waals surface area contributed by atoms with Gasteiger partial charge in [-0.05, 0) is 75.4 Å². The monoisotopic (exact) mass is 561 g/mol. The largest absolute Gasteiger partial charge is 0.389 e. The van der Waals surface area contributed by atoms with E-state index < -0.39 is 17.2 Å². The molecule has 7 nitrogen and oxygen atoms in total. The van der Waals surface area contributed by atoms with Crippen LogP contribution in [0.3, 0.4) is 0 Å². The Labute approximate surface area is 234 Å². The fourth-order valence-corrected chi connectivity index (χ4v) is 7.27. The highest BCUT2D eigenvalue weighted by Gasteiger charge is 2.43. The number of thiophene rings is 1. The molecule has 4 aromatic rings. The average Bonchev–Trinajstić information content (AvgIpc) is 3.56. The summed E-state index contributed by atoms with van der Waals surface area (Å²) in [4.78, 5) is 16.7. The van der Waals surface area contributed by atoms with Crippen LogP contribution in [0.5, 0.6) is 0 Å². The summed E-state index contributed by atoms with van der Waals surface area (Å²) in [6.07, 6.45) is 4.87. The molecule has 0 spiro atoms. The highest BCUT2D eigenvalue weighted by molar-refractivity contribution is 7.18. The molecule has 206 valence electrons. The lowest BCUT2D eigenvalue weighted by Gasteiger charge is -2.37. The number of fused-ring (bicyclic) bond motifs is 3. The number of nitriles is 1. The number of aliphatic hydroxyl groups is 1. The van der Waals surface area contributed by atoms with Crippen molar-refractivity contribution in [2.24, 2.45) is 5.73 Å². The number of nitrogens with two attached hydrogens (primary N) is 1. The van der Waals surface area contributed by atoms with E-state index in [1.807, 2.05) is 11.0 Å². The third-order valence-electron chi connectivity index (χ3n) is 7.86. The van der Waals surface area contributed by atoms with Gasteiger partial charge in [-0.3, -0.25) is 9.48 Å². The zero-order valence-corrected chi connectivity index (χ0v) is 23.0. The zero-order valence-electron chi connectivity index (χ0n) is 22.2. The molecule has 3 N–H and O–H groups in total. The van der Waals surface area contributed by atoms with Crippen molar-refractivity contribution in [2.45, 2.75) is 69.8 Å². The summed E-state index contributed by atoms with van der Waals surface area (Å²) in [6, 6.07) is 11.0. The average molecular weight is 562 g/mol. The van der Waals surface area contributed by atoms with Gasteiger partial charge in [-0.15, -0.1) is 11.3 Å². The maximum Gasteiger partial charge on any atom is 0.264 e. The van der Waals surface area contributed by atoms with Gasteiger partial charge in [-0.1, -0.05) is 6.07 Å². The van der Waals surface area contributed by atoms with E-state index in [1.54, 1.807) is 42.9 Å². The first-order chi connectivity index (χ1) is 19.0. The number of halogens is 2. The van der Waals surface area contributed by atoms with Crippen molar-refractivity contribution in [1.29, 1.82) is 5.26 Å². The number of aromatic nitrogens is 2. The fraction of sp³-hybridized carbons (Fsp3) is 0.367. The molecule has 2 atom stereocenters. The molecular formula is C30H29F2N5O2S. The first-order valence-corrected chi connectivity index (χ1v) is 14.1. The Morgan fingerprint density at radius 3 is 2.52 bits per heavy atom. The van der Waals surface area contributed by atoms with E-state index in [2.05, 4.69) is 5.10 Å². The second-order valence-corrected chi connectivity index (χ2v) is 12.5. The normalized spacial score (nSPS) is 20.7. The van der Waals surface area contributed by atoms with Gasteiger partial charge in [0.05, 0.1) is 34.3 Å². The van der Waals surface area contributed by atoms with Crippen LogP contribution >= 0.6 is 11.3 Å². The fourth-order valence-electron chi connectivity index (χ4n) is 6.13. The Hall–Kier alpha value is -3.65. The number of rotatable bonds is 5. The minimum absolute atomic E-state index is 0.0758. The molecule has 2 unspecified atom stereocenters. The van der Waals surface area contributed by atoms with E-state index >= 15 is 4.39 Å². The van der Waals surface area contributed by atoms with Crippen LogP contribution in [0.25, 0.3) is 32.5 Å². The van der Waals surface area contributed by atoms with Gasteiger partial charge in [-0.2, -0.15) is 10.4 Å². The minimum Gasteiger partial charge on any atom is -0.389 e. The molecule has 2 aliphatic rings. The standard InChI is InChI=1S/C30H29F2N5O2S/c1-30(2,39)15-36-26-11-23(25(32)8-18(26)14-35-36)28-22(16-3-4-17(13-33)24(31)7-16)12-27(40-28)29(38)37-20-5-6-21(37)10-19(34)9-20/h3-4,7-8,11-12,14,19-21,39H,5-6,9-10,15,34H2,1-2H3. The molecule has 2 aromatic carbocycles. The molecule has 2 bridgehead atoms. The SMILES string of the molecule is CC(C)(O)Cn1ncc2cc(F)c(-c3sc(C(=O)N4C5CCC4CC(N)C5)cc3-c3ccc(C#N)c(F)c3)cc21. The lowest BCUT2D eigenvalue weighted by molar-refractivity contribution is 0.0576. The van der Waals surface area contributed by atoms with E-state index in [0.29, 0.717) is 31.8 Å². The van der Waals surface area contributed by atoms with Gasteiger partial charge in [0, 0.05) is 39.5 Å². The summed E-state index contributed by atoms with van der Waals surface area (Å²) in [5.41, 5.74) is 6.90. The highest BCUT2D eigenvalue weighted by Crippen LogP contribution is 2.44. The van der Waals surface area contributed by atoms with Gasteiger partial charge in [0.1, 0.15) is 17.7 Å². The van der Waals surface area contributed by atoms with Gasteiger partial charge < -0.3 is 15.7 Å². The van der Waals surface area contributed by atoms with E-state index in [4.69, 9.17) is 5.73 Å². The number of nitrogens with zero attached hydrogens (tertiary/aromatic N) is 4. The third-order valence-corrected chi connectivity index (χ3v) is 9.02. The number of benzene rings is 2. The van der Waals surface area contributed by atoms with Crippen LogP contribution < -0.4 is 5.73 Å². The van der Waals surface area contributed by atoms with Gasteiger partial charge in [0.15, 0.2) is 0 Å². The van der Waals surface area contributed by atoms with E-state index in [-0.39, 0.29) is 41.7 Å². The first-order valence-electron chi connectivity index (χ1n) is 13.3. The number of carbonyl (C=O) groups excluding carboxylic acids is 1. The number of amides is 1. The second kappa shape index (κ2) is 9.77. The van der Waals surface area contributed by atoms with Crippen molar-refractivity contribution in [3.8, 4) is 27.6 Å². The van der Waals surface area contributed by atoms with Crippen molar-refractivity contribution in [3.63, 3.8) is 0 Å². The molecule has 0 radical (unpaired) electrons. The number of piperidine rings is 1. The van der Waals surface area contributed by atoms with Crippen LogP contribution in [0.15, 0.2) is 42.6 Å². The van der Waals surface area contributed by atoms with Gasteiger partial charge >= 0.3 is 0 Å². The molecule has 6 rings (SSSR count). The Bertz CT molecular complexity index is 1670. The van der Waals surface area contributed by atoms with Crippen molar-refractivity contribution in [3.05, 3.63) is 64.7 Å². The van der Waals surface area contributed by atoms with E-state index in [9.17, 15) is 19.6 Å². The van der Waals surface area contributed by atoms with Gasteiger partial charge in [0.2, 0.25) is 0 Å². The lowest BCUT2D eigenvalue weighted by Crippen LogP contribution is -2.49. The molecule has 0 aliphatic carbocycles. The lowest BCUT2D eigenvalue weighted by atomic mass is 9.97. The summed E-state index contributed by atoms with van der Waals surface area (Å²) >= 11 is 1.17. The summed E-state index contributed by atoms with van der Waals surface area (Å²) in [5.74, 6) is -1.32. The van der Waals surface area contributed by atoms with Crippen LogP contribution in [0.4, 0.5) is 8.78 Å². The molecule has 0 saturated carbocycles. The Balaban J connectivity index is 1.50. The predicted octanol–water partition coefficient (Wildman–Crippen LogP) is 5.45. The van der Waals surface area contributed by atoms with Crippen LogP contribution in [-0.2, 0) is 6.54 Å². The maximum atomic E-state index is 15.7. The maximum absolute atomic E-state index is 15.7. The molecule has 10 heteroatoms. The number of hydrogen-bond donors (Lipinski definition) is 2. The highest BCUT2D eigenvalue weighted by atomic mass is 32.1. The summed E-state index contributed by atoms with van der Waals surface area (Å²) in [6.45, 7) is 3.53. The van der Waals surface area contributed by atoms with E-state index in [1.165, 1.54) is 29.5 Å². The third kappa shape index (κ3) is 4.68. The molecule has 2 aliphatic heterocycles. The van der Waals surface area contributed by atoms with Gasteiger partial charge in [0.25, 0.3) is 5.91 Å². The summed E-state index contributed by atoms with van der Waals surface area (Å²) in [7, 11) is 0. The molecular weight excluding hydrogens is 532 g/mol. The number of carbonyl (C=O) groups is 1.